The molecule has 3 heteroatoms. The average Bonchev–Trinajstić information content (AvgIpc) is 2.40. The summed E-state index contributed by atoms with van der Waals surface area (Å²) in [6.07, 6.45) is 4.41. The average molecular weight is 259 g/mol. The third kappa shape index (κ3) is 3.91. The second-order valence-electron chi connectivity index (χ2n) is 5.34. The van der Waals surface area contributed by atoms with E-state index in [4.69, 9.17) is 0 Å². The van der Waals surface area contributed by atoms with Crippen molar-refractivity contribution in [3.05, 3.63) is 35.9 Å². The van der Waals surface area contributed by atoms with E-state index in [0.717, 1.165) is 31.2 Å². The third-order valence-electron chi connectivity index (χ3n) is 3.84. The number of carbonyl (C=O) groups is 2. The molecule has 0 aliphatic heterocycles. The number of carbonyl (C=O) groups excluding carboxylic acids is 2. The summed E-state index contributed by atoms with van der Waals surface area (Å²) >= 11 is 0. The summed E-state index contributed by atoms with van der Waals surface area (Å²) in [7, 11) is 0. The molecule has 1 fully saturated rings. The number of Topliss-reactive ketones (excluding diaryl/α,β-unsaturated/α-hetero) is 1. The maximum Gasteiger partial charge on any atom is 0.224 e. The molecule has 1 aliphatic carbocycles. The largest absolute Gasteiger partial charge is 0.352 e. The summed E-state index contributed by atoms with van der Waals surface area (Å²) < 4.78 is 0. The lowest BCUT2D eigenvalue weighted by Crippen LogP contribution is -2.45. The molecule has 19 heavy (non-hydrogen) atoms. The van der Waals surface area contributed by atoms with Crippen LogP contribution >= 0.6 is 0 Å². The van der Waals surface area contributed by atoms with Gasteiger partial charge in [0.05, 0.1) is 6.42 Å². The number of nitrogens with one attached hydrogen (secondary N) is 1. The zero-order valence-corrected chi connectivity index (χ0v) is 11.4. The van der Waals surface area contributed by atoms with E-state index in [1.165, 1.54) is 0 Å². The second-order valence-corrected chi connectivity index (χ2v) is 5.34. The Labute approximate surface area is 114 Å². The van der Waals surface area contributed by atoms with Crippen molar-refractivity contribution in [1.82, 2.24) is 5.32 Å². The van der Waals surface area contributed by atoms with Gasteiger partial charge in [0.2, 0.25) is 5.91 Å². The van der Waals surface area contributed by atoms with Gasteiger partial charge in [-0.25, -0.2) is 0 Å². The normalized spacial score (nSPS) is 22.8. The Bertz CT molecular complexity index is 441. The first kappa shape index (κ1) is 13.8. The smallest absolute Gasteiger partial charge is 0.224 e. The molecule has 2 atom stereocenters. The molecule has 1 amide bonds. The van der Waals surface area contributed by atoms with E-state index in [2.05, 4.69) is 5.32 Å². The quantitative estimate of drug-likeness (QED) is 0.903. The highest BCUT2D eigenvalue weighted by atomic mass is 16.2. The first-order valence-electron chi connectivity index (χ1n) is 7.00. The number of rotatable bonds is 4. The summed E-state index contributed by atoms with van der Waals surface area (Å²) in [5.74, 6) is 0.225. The van der Waals surface area contributed by atoms with Gasteiger partial charge in [0.1, 0.15) is 5.78 Å². The molecule has 1 saturated carbocycles. The van der Waals surface area contributed by atoms with E-state index in [0.29, 0.717) is 6.42 Å². The third-order valence-corrected chi connectivity index (χ3v) is 3.84. The fourth-order valence-corrected chi connectivity index (χ4v) is 2.83. The summed E-state index contributed by atoms with van der Waals surface area (Å²) in [6, 6.07) is 9.73. The van der Waals surface area contributed by atoms with Gasteiger partial charge in [-0.1, -0.05) is 43.2 Å². The van der Waals surface area contributed by atoms with Crippen molar-refractivity contribution in [3.8, 4) is 0 Å². The van der Waals surface area contributed by atoms with Crippen LogP contribution in [0.25, 0.3) is 0 Å². The van der Waals surface area contributed by atoms with E-state index in [9.17, 15) is 9.59 Å². The highest BCUT2D eigenvalue weighted by Gasteiger charge is 2.29. The van der Waals surface area contributed by atoms with Crippen LogP contribution < -0.4 is 5.32 Å². The summed E-state index contributed by atoms with van der Waals surface area (Å²) in [6.45, 7) is 1.63. The van der Waals surface area contributed by atoms with E-state index >= 15 is 0 Å². The van der Waals surface area contributed by atoms with Crippen LogP contribution in [0.5, 0.6) is 0 Å². The van der Waals surface area contributed by atoms with Gasteiger partial charge in [0, 0.05) is 12.0 Å². The van der Waals surface area contributed by atoms with Crippen molar-refractivity contribution in [2.75, 3.05) is 0 Å². The van der Waals surface area contributed by atoms with Gasteiger partial charge in [-0.2, -0.15) is 0 Å². The van der Waals surface area contributed by atoms with Crippen molar-refractivity contribution < 1.29 is 9.59 Å². The molecule has 2 rings (SSSR count). The first-order chi connectivity index (χ1) is 9.16. The molecule has 102 valence electrons. The highest BCUT2D eigenvalue weighted by Crippen LogP contribution is 2.25. The molecule has 0 heterocycles. The maximum atomic E-state index is 12.0. The van der Waals surface area contributed by atoms with Gasteiger partial charge < -0.3 is 5.32 Å². The summed E-state index contributed by atoms with van der Waals surface area (Å²) in [5.41, 5.74) is 1.01. The minimum Gasteiger partial charge on any atom is -0.352 e. The van der Waals surface area contributed by atoms with Crippen LogP contribution in [-0.2, 0) is 16.0 Å². The number of benzene rings is 1. The Morgan fingerprint density at radius 2 is 1.84 bits per heavy atom. The van der Waals surface area contributed by atoms with E-state index < -0.39 is 0 Å². The Balaban J connectivity index is 1.92. The molecule has 1 aromatic carbocycles. The zero-order valence-electron chi connectivity index (χ0n) is 11.4. The number of hydrogen-bond donors (Lipinski definition) is 1. The monoisotopic (exact) mass is 259 g/mol. The molecule has 3 nitrogen and oxygen atoms in total. The Hall–Kier alpha value is -1.64. The Morgan fingerprint density at radius 1 is 1.16 bits per heavy atom. The van der Waals surface area contributed by atoms with Crippen molar-refractivity contribution >= 4 is 11.7 Å². The number of amides is 1. The van der Waals surface area contributed by atoms with Gasteiger partial charge in [-0.05, 0) is 25.3 Å². The maximum absolute atomic E-state index is 12.0. The molecule has 0 saturated heterocycles. The fourth-order valence-electron chi connectivity index (χ4n) is 2.83. The highest BCUT2D eigenvalue weighted by molar-refractivity contribution is 5.82. The van der Waals surface area contributed by atoms with E-state index in [1.807, 2.05) is 30.3 Å². The van der Waals surface area contributed by atoms with Gasteiger partial charge in [0.25, 0.3) is 0 Å². The van der Waals surface area contributed by atoms with Crippen LogP contribution in [0, 0.1) is 5.92 Å². The fraction of sp³-hybridized carbons (Fsp3) is 0.500. The molecule has 0 spiro atoms. The van der Waals surface area contributed by atoms with Gasteiger partial charge >= 0.3 is 0 Å². The lowest BCUT2D eigenvalue weighted by molar-refractivity contribution is -0.125. The van der Waals surface area contributed by atoms with Crippen molar-refractivity contribution in [2.45, 2.75) is 45.1 Å². The zero-order chi connectivity index (χ0) is 13.7. The Morgan fingerprint density at radius 3 is 2.53 bits per heavy atom. The van der Waals surface area contributed by atoms with Crippen LogP contribution in [0.1, 0.15) is 38.2 Å². The van der Waals surface area contributed by atoms with E-state index in [-0.39, 0.29) is 23.7 Å². The van der Waals surface area contributed by atoms with Gasteiger partial charge in [0.15, 0.2) is 0 Å². The molecular weight excluding hydrogens is 238 g/mol. The lowest BCUT2D eigenvalue weighted by atomic mass is 9.82. The van der Waals surface area contributed by atoms with Crippen molar-refractivity contribution in [3.63, 3.8) is 0 Å². The standard InChI is InChI=1S/C16H21NO2/c1-12(18)14-9-5-6-10-15(14)17-16(19)11-13-7-3-2-4-8-13/h2-4,7-8,14-15H,5-6,9-11H2,1H3,(H,17,19)/t14-,15+/m1/s1. The van der Waals surface area contributed by atoms with Crippen LogP contribution in [0.15, 0.2) is 30.3 Å². The van der Waals surface area contributed by atoms with Gasteiger partial charge in [-0.3, -0.25) is 9.59 Å². The molecule has 0 radical (unpaired) electrons. The minimum atomic E-state index is 0.00785. The van der Waals surface area contributed by atoms with Crippen LogP contribution in [0.4, 0.5) is 0 Å². The molecule has 1 N–H and O–H groups in total. The second kappa shape index (κ2) is 6.50. The van der Waals surface area contributed by atoms with Crippen molar-refractivity contribution in [1.29, 1.82) is 0 Å². The summed E-state index contributed by atoms with van der Waals surface area (Å²) in [4.78, 5) is 23.6. The first-order valence-corrected chi connectivity index (χ1v) is 7.00. The number of hydrogen-bond acceptors (Lipinski definition) is 2. The molecule has 0 aromatic heterocycles. The molecule has 0 unspecified atom stereocenters. The Kier molecular flexibility index (Phi) is 4.72. The molecule has 1 aromatic rings. The summed E-state index contributed by atoms with van der Waals surface area (Å²) in [5, 5.41) is 3.04. The predicted octanol–water partition coefficient (Wildman–Crippen LogP) is 2.49. The van der Waals surface area contributed by atoms with Crippen molar-refractivity contribution in [2.24, 2.45) is 5.92 Å². The molecule has 0 bridgehead atoms. The molecule has 1 aliphatic rings. The van der Waals surface area contributed by atoms with Crippen LogP contribution in [-0.4, -0.2) is 17.7 Å². The minimum absolute atomic E-state index is 0.00785. The van der Waals surface area contributed by atoms with Gasteiger partial charge in [-0.15, -0.1) is 0 Å². The number of ketones is 1. The van der Waals surface area contributed by atoms with Crippen LogP contribution in [0.3, 0.4) is 0 Å². The SMILES string of the molecule is CC(=O)[C@H]1CCCC[C@@H]1NC(=O)Cc1ccccc1. The lowest BCUT2D eigenvalue weighted by Gasteiger charge is -2.30. The van der Waals surface area contributed by atoms with Crippen LogP contribution in [0.2, 0.25) is 0 Å². The predicted molar refractivity (Wildman–Crippen MR) is 74.7 cm³/mol. The molecular formula is C16H21NO2. The van der Waals surface area contributed by atoms with E-state index in [1.54, 1.807) is 6.92 Å². The topological polar surface area (TPSA) is 46.2 Å².